The van der Waals surface area contributed by atoms with E-state index in [0.717, 1.165) is 75.9 Å². The van der Waals surface area contributed by atoms with Crippen molar-refractivity contribution in [2.75, 3.05) is 36.0 Å². The number of carbonyl (C=O) groups is 1. The van der Waals surface area contributed by atoms with Gasteiger partial charge in [0.2, 0.25) is 0 Å². The van der Waals surface area contributed by atoms with E-state index >= 15 is 0 Å². The van der Waals surface area contributed by atoms with Crippen molar-refractivity contribution in [3.8, 4) is 6.07 Å². The van der Waals surface area contributed by atoms with Crippen molar-refractivity contribution in [2.24, 2.45) is 0 Å². The molecule has 1 fully saturated rings. The highest BCUT2D eigenvalue weighted by Gasteiger charge is 2.28. The zero-order valence-corrected chi connectivity index (χ0v) is 22.7. The first-order valence-corrected chi connectivity index (χ1v) is 14.8. The van der Waals surface area contributed by atoms with Crippen LogP contribution in [-0.2, 0) is 13.1 Å². The Morgan fingerprint density at radius 3 is 2.68 bits per heavy atom. The Bertz CT molecular complexity index is 1400. The van der Waals surface area contributed by atoms with Crippen LogP contribution in [0.4, 0.5) is 5.69 Å². The zero-order valence-electron chi connectivity index (χ0n) is 21.1. The summed E-state index contributed by atoms with van der Waals surface area (Å²) in [5.74, 6) is 2.16. The molecule has 37 heavy (non-hydrogen) atoms. The van der Waals surface area contributed by atoms with E-state index in [-0.39, 0.29) is 5.91 Å². The van der Waals surface area contributed by atoms with Crippen molar-refractivity contribution in [1.29, 1.82) is 5.26 Å². The van der Waals surface area contributed by atoms with Crippen LogP contribution in [0.25, 0.3) is 10.1 Å². The summed E-state index contributed by atoms with van der Waals surface area (Å²) in [6, 6.07) is 18.3. The van der Waals surface area contributed by atoms with Gasteiger partial charge in [-0.3, -0.25) is 4.79 Å². The molecule has 0 bridgehead atoms. The van der Waals surface area contributed by atoms with Crippen LogP contribution < -0.4 is 4.90 Å². The van der Waals surface area contributed by atoms with Gasteiger partial charge in [0, 0.05) is 54.0 Å². The van der Waals surface area contributed by atoms with Crippen LogP contribution in [-0.4, -0.2) is 51.5 Å². The smallest absolute Gasteiger partial charge is 0.266 e. The van der Waals surface area contributed by atoms with Crippen molar-refractivity contribution in [3.63, 3.8) is 0 Å². The number of fused-ring (bicyclic) bond motifs is 1. The van der Waals surface area contributed by atoms with Crippen molar-refractivity contribution in [2.45, 2.75) is 32.9 Å². The minimum absolute atomic E-state index is 0.157. The van der Waals surface area contributed by atoms with Gasteiger partial charge in [-0.25, -0.2) is 4.98 Å². The van der Waals surface area contributed by atoms with Crippen LogP contribution in [0, 0.1) is 11.3 Å². The average molecular weight is 530 g/mol. The van der Waals surface area contributed by atoms with E-state index in [2.05, 4.69) is 51.7 Å². The molecule has 3 heterocycles. The third-order valence-corrected chi connectivity index (χ3v) is 8.84. The van der Waals surface area contributed by atoms with Crippen LogP contribution in [0.5, 0.6) is 0 Å². The topological polar surface area (TPSA) is 65.2 Å². The summed E-state index contributed by atoms with van der Waals surface area (Å²) >= 11 is 3.54. The fraction of sp³-hybridized carbons (Fsp3) is 0.345. The molecule has 0 unspecified atom stereocenters. The number of anilines is 1. The molecule has 0 spiro atoms. The van der Waals surface area contributed by atoms with Crippen LogP contribution >= 0.6 is 23.1 Å². The normalized spacial score (nSPS) is 13.6. The van der Waals surface area contributed by atoms with Crippen molar-refractivity contribution >= 4 is 44.8 Å². The molecule has 1 saturated heterocycles. The van der Waals surface area contributed by atoms with Crippen LogP contribution in [0.2, 0.25) is 0 Å². The van der Waals surface area contributed by atoms with Gasteiger partial charge < -0.3 is 14.4 Å². The number of amides is 1. The Balaban J connectivity index is 1.49. The molecule has 6 nitrogen and oxygen atoms in total. The molecule has 1 aliphatic rings. The number of thiophene rings is 1. The number of aromatic nitrogens is 2. The monoisotopic (exact) mass is 529 g/mol. The van der Waals surface area contributed by atoms with Gasteiger partial charge in [0.05, 0.1) is 35.9 Å². The van der Waals surface area contributed by atoms with E-state index in [0.29, 0.717) is 18.7 Å². The van der Waals surface area contributed by atoms with E-state index in [1.807, 2.05) is 53.5 Å². The predicted molar refractivity (Wildman–Crippen MR) is 153 cm³/mol. The predicted octanol–water partition coefficient (Wildman–Crippen LogP) is 6.01. The molecule has 1 amide bonds. The minimum Gasteiger partial charge on any atom is -0.364 e. The molecule has 0 aliphatic carbocycles. The standard InChI is InChI=1S/C29H31N5OS2/c1-2-3-12-33(20-24-18-31-21-34(24)19-23-10-8-22(17-30)9-11-23)27-25-6-4-5-7-26(25)37-28(27)29(35)32-13-15-36-16-14-32/h4-11,18,21H,2-3,12-16,19-20H2,1H3. The van der Waals surface area contributed by atoms with Gasteiger partial charge in [-0.05, 0) is 30.2 Å². The number of hydrogen-bond acceptors (Lipinski definition) is 6. The summed E-state index contributed by atoms with van der Waals surface area (Å²) in [5.41, 5.74) is 3.94. The second-order valence-electron chi connectivity index (χ2n) is 9.28. The molecule has 0 atom stereocenters. The van der Waals surface area contributed by atoms with E-state index in [4.69, 9.17) is 5.26 Å². The maximum absolute atomic E-state index is 13.8. The van der Waals surface area contributed by atoms with Gasteiger partial charge in [-0.1, -0.05) is 43.7 Å². The Hall–Kier alpha value is -3.28. The Morgan fingerprint density at radius 1 is 1.14 bits per heavy atom. The largest absolute Gasteiger partial charge is 0.364 e. The van der Waals surface area contributed by atoms with Crippen molar-refractivity contribution in [3.05, 3.63) is 82.8 Å². The highest BCUT2D eigenvalue weighted by Crippen LogP contribution is 2.40. The van der Waals surface area contributed by atoms with E-state index in [1.165, 1.54) is 0 Å². The summed E-state index contributed by atoms with van der Waals surface area (Å²) in [7, 11) is 0. The number of thioether (sulfide) groups is 1. The molecule has 2 aromatic carbocycles. The summed E-state index contributed by atoms with van der Waals surface area (Å²) in [4.78, 5) is 23.5. The van der Waals surface area contributed by atoms with Crippen molar-refractivity contribution in [1.82, 2.24) is 14.5 Å². The van der Waals surface area contributed by atoms with Crippen LogP contribution in [0.3, 0.4) is 0 Å². The maximum atomic E-state index is 13.8. The molecule has 5 rings (SSSR count). The molecule has 0 saturated carbocycles. The van der Waals surface area contributed by atoms with E-state index < -0.39 is 0 Å². The Labute approximate surface area is 226 Å². The lowest BCUT2D eigenvalue weighted by Crippen LogP contribution is -2.38. The van der Waals surface area contributed by atoms with E-state index in [9.17, 15) is 4.79 Å². The number of carbonyl (C=O) groups excluding carboxylic acids is 1. The molecular formula is C29H31N5OS2. The summed E-state index contributed by atoms with van der Waals surface area (Å²) < 4.78 is 3.32. The maximum Gasteiger partial charge on any atom is 0.266 e. The molecule has 8 heteroatoms. The number of imidazole rings is 1. The lowest BCUT2D eigenvalue weighted by atomic mass is 10.1. The fourth-order valence-electron chi connectivity index (χ4n) is 4.72. The first-order chi connectivity index (χ1) is 18.2. The van der Waals surface area contributed by atoms with Crippen molar-refractivity contribution < 1.29 is 4.79 Å². The second-order valence-corrected chi connectivity index (χ2v) is 11.6. The van der Waals surface area contributed by atoms with Crippen LogP contribution in [0.1, 0.15) is 46.3 Å². The second kappa shape index (κ2) is 11.8. The first-order valence-electron chi connectivity index (χ1n) is 12.8. The Morgan fingerprint density at radius 2 is 1.92 bits per heavy atom. The van der Waals surface area contributed by atoms with Gasteiger partial charge in [0.1, 0.15) is 4.88 Å². The number of benzene rings is 2. The fourth-order valence-corrected chi connectivity index (χ4v) is 6.82. The zero-order chi connectivity index (χ0) is 25.6. The highest BCUT2D eigenvalue weighted by atomic mass is 32.2. The number of rotatable bonds is 9. The quantitative estimate of drug-likeness (QED) is 0.266. The van der Waals surface area contributed by atoms with Gasteiger partial charge in [0.15, 0.2) is 0 Å². The average Bonchev–Trinajstić information content (AvgIpc) is 3.55. The molecular weight excluding hydrogens is 498 g/mol. The van der Waals surface area contributed by atoms with Gasteiger partial charge >= 0.3 is 0 Å². The summed E-state index contributed by atoms with van der Waals surface area (Å²) in [6.07, 6.45) is 5.92. The lowest BCUT2D eigenvalue weighted by Gasteiger charge is -2.29. The molecule has 190 valence electrons. The third kappa shape index (κ3) is 5.68. The lowest BCUT2D eigenvalue weighted by molar-refractivity contribution is 0.0777. The summed E-state index contributed by atoms with van der Waals surface area (Å²) in [6.45, 7) is 6.05. The van der Waals surface area contributed by atoms with Gasteiger partial charge in [-0.2, -0.15) is 17.0 Å². The van der Waals surface area contributed by atoms with Gasteiger partial charge in [0.25, 0.3) is 5.91 Å². The first kappa shape index (κ1) is 25.4. The molecule has 1 aliphatic heterocycles. The highest BCUT2D eigenvalue weighted by molar-refractivity contribution is 7.99. The van der Waals surface area contributed by atoms with Gasteiger partial charge in [-0.15, -0.1) is 11.3 Å². The molecule has 2 aromatic heterocycles. The summed E-state index contributed by atoms with van der Waals surface area (Å²) in [5, 5.41) is 10.3. The number of unbranched alkanes of at least 4 members (excludes halogenated alkanes) is 1. The molecule has 0 radical (unpaired) electrons. The molecule has 0 N–H and O–H groups in total. The third-order valence-electron chi connectivity index (χ3n) is 6.75. The van der Waals surface area contributed by atoms with E-state index in [1.54, 1.807) is 11.3 Å². The molecule has 4 aromatic rings. The SMILES string of the molecule is CCCCN(Cc1cncn1Cc1ccc(C#N)cc1)c1c(C(=O)N2CCSCC2)sc2ccccc12. The minimum atomic E-state index is 0.157. The number of hydrogen-bond donors (Lipinski definition) is 0. The number of nitriles is 1. The Kier molecular flexibility index (Phi) is 8.12. The number of nitrogens with zero attached hydrogens (tertiary/aromatic N) is 5. The van der Waals surface area contributed by atoms with Crippen LogP contribution in [0.15, 0.2) is 61.1 Å².